The van der Waals surface area contributed by atoms with Crippen LogP contribution in [0.3, 0.4) is 0 Å². The van der Waals surface area contributed by atoms with Crippen LogP contribution in [0.25, 0.3) is 16.6 Å². The fourth-order valence-corrected chi connectivity index (χ4v) is 4.41. The molecular weight excluding hydrogens is 459 g/mol. The van der Waals surface area contributed by atoms with E-state index in [0.29, 0.717) is 36.0 Å². The van der Waals surface area contributed by atoms with E-state index in [1.165, 1.54) is 4.90 Å². The lowest BCUT2D eigenvalue weighted by Gasteiger charge is -2.38. The monoisotopic (exact) mass is 494 g/mol. The maximum absolute atomic E-state index is 16.0. The average molecular weight is 495 g/mol. The van der Waals surface area contributed by atoms with Crippen molar-refractivity contribution in [3.8, 4) is 5.69 Å². The van der Waals surface area contributed by atoms with Crippen LogP contribution in [0.1, 0.15) is 70.3 Å². The number of rotatable bonds is 3. The summed E-state index contributed by atoms with van der Waals surface area (Å²) in [7, 11) is 0. The molecule has 4 rings (SSSR count). The SMILES string of the molecule is CC(C)(C)NC(=O)c1cccc2cn(-c3ccc(C4(F)CCCN(C(=O)OC(C)(C)C)C4)cc3)nc12. The molecular formula is C28H35FN4O3. The van der Waals surface area contributed by atoms with E-state index in [0.717, 1.165) is 11.1 Å². The van der Waals surface area contributed by atoms with Gasteiger partial charge in [0.1, 0.15) is 11.1 Å². The Labute approximate surface area is 211 Å². The van der Waals surface area contributed by atoms with Gasteiger partial charge >= 0.3 is 6.09 Å². The van der Waals surface area contributed by atoms with Gasteiger partial charge in [-0.3, -0.25) is 4.79 Å². The van der Waals surface area contributed by atoms with E-state index in [1.807, 2.05) is 51.2 Å². The van der Waals surface area contributed by atoms with E-state index < -0.39 is 17.4 Å². The molecule has 0 aliphatic carbocycles. The van der Waals surface area contributed by atoms with Gasteiger partial charge < -0.3 is 15.0 Å². The Morgan fingerprint density at radius 1 is 1.06 bits per heavy atom. The molecule has 1 N–H and O–H groups in total. The fourth-order valence-electron chi connectivity index (χ4n) is 4.41. The van der Waals surface area contributed by atoms with E-state index in [1.54, 1.807) is 43.7 Å². The largest absolute Gasteiger partial charge is 0.444 e. The molecule has 2 amide bonds. The minimum absolute atomic E-state index is 0.0425. The number of piperidine rings is 1. The molecule has 1 unspecified atom stereocenters. The van der Waals surface area contributed by atoms with Gasteiger partial charge in [0.25, 0.3) is 5.91 Å². The Morgan fingerprint density at radius 2 is 1.75 bits per heavy atom. The van der Waals surface area contributed by atoms with Crippen molar-refractivity contribution >= 4 is 22.9 Å². The number of halogens is 1. The van der Waals surface area contributed by atoms with Crippen LogP contribution in [0, 0.1) is 0 Å². The van der Waals surface area contributed by atoms with Gasteiger partial charge in [0.05, 0.1) is 17.8 Å². The standard InChI is InChI=1S/C28H35FN4O3/c1-26(2,3)30-24(34)22-10-7-9-19-17-33(31-23(19)22)21-13-11-20(12-14-21)28(29)15-8-16-32(18-28)25(35)36-27(4,5)6/h7,9-14,17H,8,15-16,18H2,1-6H3,(H,30,34). The lowest BCUT2D eigenvalue weighted by atomic mass is 9.87. The summed E-state index contributed by atoms with van der Waals surface area (Å²) in [6.45, 7) is 11.6. The first-order valence-electron chi connectivity index (χ1n) is 12.3. The van der Waals surface area contributed by atoms with Crippen molar-refractivity contribution < 1.29 is 18.7 Å². The topological polar surface area (TPSA) is 76.5 Å². The van der Waals surface area contributed by atoms with Crippen molar-refractivity contribution in [1.29, 1.82) is 0 Å². The molecule has 0 bridgehead atoms. The third kappa shape index (κ3) is 5.69. The van der Waals surface area contributed by atoms with Crippen molar-refractivity contribution in [2.75, 3.05) is 13.1 Å². The third-order valence-corrected chi connectivity index (χ3v) is 6.01. The molecule has 2 heterocycles. The van der Waals surface area contributed by atoms with E-state index in [4.69, 9.17) is 4.74 Å². The first-order chi connectivity index (χ1) is 16.7. The average Bonchev–Trinajstić information content (AvgIpc) is 3.21. The molecule has 0 spiro atoms. The number of carbonyl (C=O) groups excluding carboxylic acids is 2. The van der Waals surface area contributed by atoms with Crippen LogP contribution in [0.15, 0.2) is 48.7 Å². The molecule has 0 saturated carbocycles. The summed E-state index contributed by atoms with van der Waals surface area (Å²) in [5.41, 5.74) is -0.272. The van der Waals surface area contributed by atoms with Crippen molar-refractivity contribution in [2.24, 2.45) is 0 Å². The van der Waals surface area contributed by atoms with Crippen LogP contribution in [-0.2, 0) is 10.4 Å². The number of benzene rings is 2. The second kappa shape index (κ2) is 9.22. The summed E-state index contributed by atoms with van der Waals surface area (Å²) in [4.78, 5) is 26.7. The number of nitrogens with zero attached hydrogens (tertiary/aromatic N) is 3. The van der Waals surface area contributed by atoms with Gasteiger partial charge in [0.15, 0.2) is 5.67 Å². The van der Waals surface area contributed by atoms with Gasteiger partial charge in [0.2, 0.25) is 0 Å². The highest BCUT2D eigenvalue weighted by atomic mass is 19.1. The molecule has 1 aliphatic rings. The summed E-state index contributed by atoms with van der Waals surface area (Å²) >= 11 is 0. The Morgan fingerprint density at radius 3 is 2.39 bits per heavy atom. The quantitative estimate of drug-likeness (QED) is 0.503. The Hall–Kier alpha value is -3.42. The number of nitrogens with one attached hydrogen (secondary N) is 1. The molecule has 2 aromatic carbocycles. The lowest BCUT2D eigenvalue weighted by molar-refractivity contribution is -0.00665. The predicted molar refractivity (Wildman–Crippen MR) is 138 cm³/mol. The van der Waals surface area contributed by atoms with Gasteiger partial charge in [-0.2, -0.15) is 5.10 Å². The smallest absolute Gasteiger partial charge is 0.410 e. The molecule has 7 nitrogen and oxygen atoms in total. The van der Waals surface area contributed by atoms with Crippen LogP contribution in [0.5, 0.6) is 0 Å². The lowest BCUT2D eigenvalue weighted by Crippen LogP contribution is -2.48. The number of hydrogen-bond acceptors (Lipinski definition) is 4. The van der Waals surface area contributed by atoms with Crippen LogP contribution >= 0.6 is 0 Å². The Kier molecular flexibility index (Phi) is 6.58. The summed E-state index contributed by atoms with van der Waals surface area (Å²) < 4.78 is 23.2. The summed E-state index contributed by atoms with van der Waals surface area (Å²) in [5, 5.41) is 8.47. The molecule has 192 valence electrons. The molecule has 8 heteroatoms. The molecule has 36 heavy (non-hydrogen) atoms. The van der Waals surface area contributed by atoms with Gasteiger partial charge in [-0.15, -0.1) is 0 Å². The van der Waals surface area contributed by atoms with Gasteiger partial charge in [-0.05, 0) is 78.1 Å². The highest BCUT2D eigenvalue weighted by Crippen LogP contribution is 2.36. The first kappa shape index (κ1) is 25.7. The fraction of sp³-hybridized carbons (Fsp3) is 0.464. The molecule has 0 radical (unpaired) electrons. The normalized spacial score (nSPS) is 18.8. The second-order valence-corrected chi connectivity index (χ2v) is 11.5. The van der Waals surface area contributed by atoms with Gasteiger partial charge in [0, 0.05) is 23.7 Å². The zero-order valence-electron chi connectivity index (χ0n) is 21.9. The Balaban J connectivity index is 1.56. The number of likely N-dealkylation sites (tertiary alicyclic amines) is 1. The molecule has 1 fully saturated rings. The highest BCUT2D eigenvalue weighted by Gasteiger charge is 2.40. The van der Waals surface area contributed by atoms with Crippen LogP contribution in [0.2, 0.25) is 0 Å². The van der Waals surface area contributed by atoms with Crippen molar-refractivity contribution in [3.05, 3.63) is 59.8 Å². The zero-order valence-corrected chi connectivity index (χ0v) is 21.9. The molecule has 3 aromatic rings. The van der Waals surface area contributed by atoms with Crippen molar-refractivity contribution in [2.45, 2.75) is 71.2 Å². The number of hydrogen-bond donors (Lipinski definition) is 1. The van der Waals surface area contributed by atoms with Crippen LogP contribution < -0.4 is 5.32 Å². The number of amides is 2. The Bertz CT molecular complexity index is 1270. The first-order valence-corrected chi connectivity index (χ1v) is 12.3. The van der Waals surface area contributed by atoms with Crippen molar-refractivity contribution in [3.63, 3.8) is 0 Å². The van der Waals surface area contributed by atoms with Crippen molar-refractivity contribution in [1.82, 2.24) is 20.0 Å². The second-order valence-electron chi connectivity index (χ2n) is 11.5. The summed E-state index contributed by atoms with van der Waals surface area (Å²) in [5.74, 6) is -0.181. The van der Waals surface area contributed by atoms with Crippen LogP contribution in [-0.4, -0.2) is 50.9 Å². The number of alkyl halides is 1. The predicted octanol–water partition coefficient (Wildman–Crippen LogP) is 5.75. The highest BCUT2D eigenvalue weighted by molar-refractivity contribution is 6.05. The molecule has 1 atom stereocenters. The number of carbonyl (C=O) groups is 2. The van der Waals surface area contributed by atoms with Crippen LogP contribution in [0.4, 0.5) is 9.18 Å². The van der Waals surface area contributed by atoms with E-state index in [9.17, 15) is 9.59 Å². The van der Waals surface area contributed by atoms with E-state index >= 15 is 4.39 Å². The van der Waals surface area contributed by atoms with E-state index in [2.05, 4.69) is 10.4 Å². The minimum atomic E-state index is -1.65. The summed E-state index contributed by atoms with van der Waals surface area (Å²) in [6, 6.07) is 12.6. The number of fused-ring (bicyclic) bond motifs is 1. The number of aromatic nitrogens is 2. The maximum atomic E-state index is 16.0. The van der Waals surface area contributed by atoms with Gasteiger partial charge in [-0.25, -0.2) is 13.9 Å². The van der Waals surface area contributed by atoms with E-state index in [-0.39, 0.29) is 18.0 Å². The molecule has 1 saturated heterocycles. The molecule has 1 aliphatic heterocycles. The maximum Gasteiger partial charge on any atom is 0.410 e. The summed E-state index contributed by atoms with van der Waals surface area (Å²) in [6.07, 6.45) is 2.26. The zero-order chi connectivity index (χ0) is 26.3. The number of ether oxygens (including phenoxy) is 1. The third-order valence-electron chi connectivity index (χ3n) is 6.01. The minimum Gasteiger partial charge on any atom is -0.444 e. The molecule has 1 aromatic heterocycles. The van der Waals surface area contributed by atoms with Gasteiger partial charge in [-0.1, -0.05) is 24.3 Å².